The molecular weight excluding hydrogens is 280 g/mol. The van der Waals surface area contributed by atoms with E-state index in [9.17, 15) is 18.9 Å². The fourth-order valence-corrected chi connectivity index (χ4v) is 3.27. The Hall–Kier alpha value is -1.76. The van der Waals surface area contributed by atoms with Crippen LogP contribution in [0.1, 0.15) is 32.1 Å². The van der Waals surface area contributed by atoms with Crippen LogP contribution in [0.25, 0.3) is 0 Å². The summed E-state index contributed by atoms with van der Waals surface area (Å²) in [7, 11) is 0. The normalized spacial score (nSPS) is 23.6. The van der Waals surface area contributed by atoms with Crippen molar-refractivity contribution in [2.45, 2.75) is 43.7 Å². The average Bonchev–Trinajstić information content (AvgIpc) is 2.41. The Bertz CT molecular complexity index is 552. The van der Waals surface area contributed by atoms with E-state index in [1.807, 2.05) is 0 Å². The highest BCUT2D eigenvalue weighted by molar-refractivity contribution is 5.52. The Labute approximate surface area is 120 Å². The summed E-state index contributed by atoms with van der Waals surface area (Å²) in [5.74, 6) is -1.83. The molecule has 0 aromatic heterocycles. The molecule has 1 aromatic carbocycles. The number of hydrogen-bond acceptors (Lipinski definition) is 4. The maximum absolute atomic E-state index is 13.9. The third kappa shape index (κ3) is 2.70. The lowest BCUT2D eigenvalue weighted by Gasteiger charge is -2.48. The zero-order chi connectivity index (χ0) is 15.0. The predicted molar refractivity (Wildman–Crippen MR) is 74.2 cm³/mol. The third-order valence-electron chi connectivity index (χ3n) is 4.53. The van der Waals surface area contributed by atoms with Gasteiger partial charge < -0.3 is 10.6 Å². The van der Waals surface area contributed by atoms with Crippen molar-refractivity contribution in [1.82, 2.24) is 5.32 Å². The lowest BCUT2D eigenvalue weighted by atomic mass is 9.70. The van der Waals surface area contributed by atoms with Gasteiger partial charge in [0.2, 0.25) is 0 Å². The molecule has 1 spiro atoms. The number of nitrogens with zero attached hydrogens (tertiary/aromatic N) is 1. The van der Waals surface area contributed by atoms with Crippen molar-refractivity contribution in [1.29, 1.82) is 0 Å². The highest BCUT2D eigenvalue weighted by Crippen LogP contribution is 2.39. The molecule has 1 unspecified atom stereocenters. The summed E-state index contributed by atoms with van der Waals surface area (Å²) in [5, 5.41) is 17.0. The maximum atomic E-state index is 13.9. The minimum atomic E-state index is -0.914. The quantitative estimate of drug-likeness (QED) is 0.665. The number of nitrogens with one attached hydrogen (secondary N) is 2. The number of nitro groups is 1. The second kappa shape index (κ2) is 5.22. The molecule has 5 nitrogen and oxygen atoms in total. The summed E-state index contributed by atoms with van der Waals surface area (Å²) in [6.07, 6.45) is 4.97. The zero-order valence-corrected chi connectivity index (χ0v) is 11.5. The van der Waals surface area contributed by atoms with Crippen LogP contribution in [0.2, 0.25) is 0 Å². The molecule has 2 fully saturated rings. The second-order valence-electron chi connectivity index (χ2n) is 5.94. The van der Waals surface area contributed by atoms with E-state index in [-0.39, 0.29) is 17.3 Å². The molecule has 1 saturated heterocycles. The molecule has 21 heavy (non-hydrogen) atoms. The number of hydrogen-bond donors (Lipinski definition) is 2. The fourth-order valence-electron chi connectivity index (χ4n) is 3.27. The van der Waals surface area contributed by atoms with Gasteiger partial charge in [0.05, 0.1) is 17.1 Å². The first-order chi connectivity index (χ1) is 9.99. The second-order valence-corrected chi connectivity index (χ2v) is 5.94. The SMILES string of the molecule is O=[N+]([O-])c1cc(F)c(NC2CCNC3(CCC3)C2)c(F)c1. The Balaban J connectivity index is 1.76. The van der Waals surface area contributed by atoms with Gasteiger partial charge in [0.25, 0.3) is 5.69 Å². The molecule has 0 bridgehead atoms. The topological polar surface area (TPSA) is 67.2 Å². The molecule has 3 rings (SSSR count). The number of benzene rings is 1. The van der Waals surface area contributed by atoms with E-state index in [2.05, 4.69) is 10.6 Å². The van der Waals surface area contributed by atoms with Crippen LogP contribution in [-0.4, -0.2) is 23.0 Å². The molecule has 1 atom stereocenters. The van der Waals surface area contributed by atoms with Crippen molar-refractivity contribution in [3.63, 3.8) is 0 Å². The highest BCUT2D eigenvalue weighted by atomic mass is 19.1. The molecule has 2 aliphatic rings. The summed E-state index contributed by atoms with van der Waals surface area (Å²) in [6, 6.07) is 1.49. The summed E-state index contributed by atoms with van der Waals surface area (Å²) in [5.41, 5.74) is -0.720. The molecule has 1 heterocycles. The zero-order valence-electron chi connectivity index (χ0n) is 11.5. The largest absolute Gasteiger partial charge is 0.377 e. The molecule has 0 radical (unpaired) electrons. The highest BCUT2D eigenvalue weighted by Gasteiger charge is 2.41. The van der Waals surface area contributed by atoms with Crippen LogP contribution in [0.15, 0.2) is 12.1 Å². The number of nitro benzene ring substituents is 1. The molecule has 0 amide bonds. The van der Waals surface area contributed by atoms with Gasteiger partial charge >= 0.3 is 0 Å². The number of non-ortho nitro benzene ring substituents is 1. The first kappa shape index (κ1) is 14.2. The molecule has 7 heteroatoms. The van der Waals surface area contributed by atoms with Gasteiger partial charge in [0.15, 0.2) is 11.6 Å². The van der Waals surface area contributed by atoms with Crippen LogP contribution in [0.3, 0.4) is 0 Å². The van der Waals surface area contributed by atoms with Crippen molar-refractivity contribution in [3.05, 3.63) is 33.9 Å². The van der Waals surface area contributed by atoms with Gasteiger partial charge in [0, 0.05) is 11.6 Å². The summed E-state index contributed by atoms with van der Waals surface area (Å²) < 4.78 is 27.8. The van der Waals surface area contributed by atoms with Crippen molar-refractivity contribution in [3.8, 4) is 0 Å². The van der Waals surface area contributed by atoms with E-state index >= 15 is 0 Å². The lowest BCUT2D eigenvalue weighted by molar-refractivity contribution is -0.385. The van der Waals surface area contributed by atoms with Gasteiger partial charge in [-0.2, -0.15) is 0 Å². The van der Waals surface area contributed by atoms with Gasteiger partial charge in [0.1, 0.15) is 5.69 Å². The first-order valence-corrected chi connectivity index (χ1v) is 7.14. The molecule has 114 valence electrons. The average molecular weight is 297 g/mol. The lowest BCUT2D eigenvalue weighted by Crippen LogP contribution is -2.58. The Morgan fingerprint density at radius 1 is 1.33 bits per heavy atom. The summed E-state index contributed by atoms with van der Waals surface area (Å²) in [6.45, 7) is 0.813. The number of halogens is 2. The van der Waals surface area contributed by atoms with E-state index in [4.69, 9.17) is 0 Å². The van der Waals surface area contributed by atoms with Gasteiger partial charge in [-0.3, -0.25) is 10.1 Å². The van der Waals surface area contributed by atoms with Crippen molar-refractivity contribution >= 4 is 11.4 Å². The van der Waals surface area contributed by atoms with E-state index < -0.39 is 22.2 Å². The minimum absolute atomic E-state index is 0.0167. The fraction of sp³-hybridized carbons (Fsp3) is 0.571. The Morgan fingerprint density at radius 3 is 2.52 bits per heavy atom. The van der Waals surface area contributed by atoms with Crippen molar-refractivity contribution < 1.29 is 13.7 Å². The predicted octanol–water partition coefficient (Wildman–Crippen LogP) is 2.96. The van der Waals surface area contributed by atoms with E-state index in [0.29, 0.717) is 0 Å². The molecule has 1 aliphatic heterocycles. The Kier molecular flexibility index (Phi) is 3.52. The smallest absolute Gasteiger partial charge is 0.275 e. The van der Waals surface area contributed by atoms with Crippen molar-refractivity contribution in [2.24, 2.45) is 0 Å². The third-order valence-corrected chi connectivity index (χ3v) is 4.53. The van der Waals surface area contributed by atoms with Gasteiger partial charge in [-0.15, -0.1) is 0 Å². The summed E-state index contributed by atoms with van der Waals surface area (Å²) >= 11 is 0. The Morgan fingerprint density at radius 2 is 2.00 bits per heavy atom. The van der Waals surface area contributed by atoms with Crippen LogP contribution in [0.5, 0.6) is 0 Å². The molecule has 2 N–H and O–H groups in total. The van der Waals surface area contributed by atoms with Crippen LogP contribution in [-0.2, 0) is 0 Å². The summed E-state index contributed by atoms with van der Waals surface area (Å²) in [4.78, 5) is 9.78. The maximum Gasteiger partial charge on any atom is 0.275 e. The molecular formula is C14H17F2N3O2. The first-order valence-electron chi connectivity index (χ1n) is 7.14. The van der Waals surface area contributed by atoms with Gasteiger partial charge in [-0.25, -0.2) is 8.78 Å². The van der Waals surface area contributed by atoms with Crippen LogP contribution >= 0.6 is 0 Å². The van der Waals surface area contributed by atoms with Crippen molar-refractivity contribution in [2.75, 3.05) is 11.9 Å². The molecule has 1 aromatic rings. The van der Waals surface area contributed by atoms with Gasteiger partial charge in [-0.1, -0.05) is 0 Å². The standard InChI is InChI=1S/C14H17F2N3O2/c15-11-6-10(19(20)21)7-12(16)13(11)18-9-2-5-17-14(8-9)3-1-4-14/h6-7,9,17-18H,1-5,8H2. The number of anilines is 1. The number of rotatable bonds is 3. The minimum Gasteiger partial charge on any atom is -0.377 e. The van der Waals surface area contributed by atoms with E-state index in [1.165, 1.54) is 6.42 Å². The van der Waals surface area contributed by atoms with Gasteiger partial charge in [-0.05, 0) is 38.6 Å². The monoisotopic (exact) mass is 297 g/mol. The molecule has 1 aliphatic carbocycles. The van der Waals surface area contributed by atoms with Crippen LogP contribution in [0.4, 0.5) is 20.2 Å². The number of piperidine rings is 1. The van der Waals surface area contributed by atoms with Crippen LogP contribution in [0, 0.1) is 21.7 Å². The van der Waals surface area contributed by atoms with Crippen LogP contribution < -0.4 is 10.6 Å². The molecule has 1 saturated carbocycles. The van der Waals surface area contributed by atoms with E-state index in [0.717, 1.165) is 44.4 Å². The van der Waals surface area contributed by atoms with E-state index in [1.54, 1.807) is 0 Å².